The van der Waals surface area contributed by atoms with Gasteiger partial charge in [-0.25, -0.2) is 13.2 Å². The molecule has 0 bridgehead atoms. The average Bonchev–Trinajstić information content (AvgIpc) is 3.67. The number of terminal acetylenes is 1. The molecule has 8 rings (SSSR count). The number of aromatic hydroxyl groups is 1. The first kappa shape index (κ1) is 26.4. The number of phenols is 1. The van der Waals surface area contributed by atoms with Gasteiger partial charge >= 0.3 is 6.01 Å². The normalized spacial score (nSPS) is 24.6. The molecule has 10 heteroatoms. The fourth-order valence-corrected chi connectivity index (χ4v) is 7.69. The van der Waals surface area contributed by atoms with Gasteiger partial charge in [0.05, 0.1) is 22.5 Å². The van der Waals surface area contributed by atoms with Gasteiger partial charge in [0, 0.05) is 30.5 Å². The number of anilines is 1. The van der Waals surface area contributed by atoms with Gasteiger partial charge in [-0.2, -0.15) is 9.97 Å². The molecule has 1 aromatic heterocycles. The average molecular weight is 587 g/mol. The van der Waals surface area contributed by atoms with E-state index in [-0.39, 0.29) is 46.6 Å². The summed E-state index contributed by atoms with van der Waals surface area (Å²) in [5.74, 6) is 1.86. The van der Waals surface area contributed by atoms with Crippen LogP contribution in [0.25, 0.3) is 32.8 Å². The molecule has 0 amide bonds. The highest BCUT2D eigenvalue weighted by Gasteiger charge is 2.49. The summed E-state index contributed by atoms with van der Waals surface area (Å²) in [4.78, 5) is 13.6. The molecule has 5 heterocycles. The largest absolute Gasteiger partial charge is 0.508 e. The Kier molecular flexibility index (Phi) is 5.92. The number of hydrogen-bond acceptors (Lipinski definition) is 7. The maximum Gasteiger partial charge on any atom is 0.319 e. The number of phenolic OH excluding ortho intramolecular Hbond substituents is 1. The van der Waals surface area contributed by atoms with Crippen LogP contribution in [0, 0.1) is 24.0 Å². The Bertz CT molecular complexity index is 1860. The maximum absolute atomic E-state index is 16.8. The van der Waals surface area contributed by atoms with E-state index < -0.39 is 23.3 Å². The Balaban J connectivity index is 1.33. The molecule has 3 saturated heterocycles. The Labute approximate surface area is 246 Å². The van der Waals surface area contributed by atoms with Crippen LogP contribution in [0.2, 0.25) is 0 Å². The van der Waals surface area contributed by atoms with Gasteiger partial charge in [-0.15, -0.1) is 6.42 Å². The van der Waals surface area contributed by atoms with Crippen molar-refractivity contribution in [1.82, 2.24) is 14.9 Å². The lowest BCUT2D eigenvalue weighted by atomic mass is 9.92. The van der Waals surface area contributed by atoms with Crippen LogP contribution in [-0.2, 0) is 0 Å². The lowest BCUT2D eigenvalue weighted by molar-refractivity contribution is 0.107. The molecule has 0 spiro atoms. The van der Waals surface area contributed by atoms with Crippen molar-refractivity contribution >= 4 is 27.5 Å². The molecule has 1 N–H and O–H groups in total. The number of rotatable bonds is 4. The van der Waals surface area contributed by atoms with Crippen molar-refractivity contribution in [3.8, 4) is 41.0 Å². The van der Waals surface area contributed by atoms with E-state index in [4.69, 9.17) is 20.9 Å². The maximum atomic E-state index is 16.8. The molecule has 0 unspecified atom stereocenters. The Morgan fingerprint density at radius 2 is 2.00 bits per heavy atom. The van der Waals surface area contributed by atoms with Crippen LogP contribution in [0.1, 0.15) is 37.7 Å². The third-order valence-electron chi connectivity index (χ3n) is 9.63. The number of halogens is 3. The van der Waals surface area contributed by atoms with E-state index >= 15 is 4.39 Å². The van der Waals surface area contributed by atoms with Crippen LogP contribution in [0.15, 0.2) is 30.3 Å². The van der Waals surface area contributed by atoms with E-state index in [1.165, 1.54) is 24.3 Å². The monoisotopic (exact) mass is 586 g/mol. The van der Waals surface area contributed by atoms with Gasteiger partial charge in [0.2, 0.25) is 0 Å². The zero-order valence-electron chi connectivity index (χ0n) is 23.4. The van der Waals surface area contributed by atoms with Gasteiger partial charge in [0.1, 0.15) is 48.0 Å². The lowest BCUT2D eigenvalue weighted by Gasteiger charge is -2.31. The quantitative estimate of drug-likeness (QED) is 0.306. The summed E-state index contributed by atoms with van der Waals surface area (Å²) < 4.78 is 58.6. The highest BCUT2D eigenvalue weighted by atomic mass is 19.1. The molecule has 0 saturated carbocycles. The summed E-state index contributed by atoms with van der Waals surface area (Å²) in [6.07, 6.45) is 8.79. The summed E-state index contributed by atoms with van der Waals surface area (Å²) in [7, 11) is 0. The molecular weight excluding hydrogens is 557 g/mol. The molecular formula is C33H29F3N4O3. The number of aromatic nitrogens is 2. The highest BCUT2D eigenvalue weighted by Crippen LogP contribution is 2.46. The van der Waals surface area contributed by atoms with Crippen molar-refractivity contribution in [3.63, 3.8) is 0 Å². The number of ether oxygens (including phenoxy) is 2. The number of nitrogens with zero attached hydrogens (tertiary/aromatic N) is 4. The van der Waals surface area contributed by atoms with E-state index in [0.717, 1.165) is 38.8 Å². The Morgan fingerprint density at radius 3 is 2.86 bits per heavy atom. The summed E-state index contributed by atoms with van der Waals surface area (Å²) in [6, 6.07) is 7.16. The van der Waals surface area contributed by atoms with E-state index in [2.05, 4.69) is 20.7 Å². The number of alkyl halides is 1. The Morgan fingerprint density at radius 1 is 1.12 bits per heavy atom. The third kappa shape index (κ3) is 4.01. The number of fused-ring (bicyclic) bond motifs is 4. The van der Waals surface area contributed by atoms with Gasteiger partial charge in [-0.05, 0) is 67.4 Å². The summed E-state index contributed by atoms with van der Waals surface area (Å²) >= 11 is 0. The van der Waals surface area contributed by atoms with Crippen molar-refractivity contribution in [3.05, 3.63) is 47.5 Å². The second-order valence-electron chi connectivity index (χ2n) is 12.1. The molecule has 220 valence electrons. The Hall–Kier alpha value is -4.23. The summed E-state index contributed by atoms with van der Waals surface area (Å²) in [6.45, 7) is 2.51. The van der Waals surface area contributed by atoms with E-state index in [1.54, 1.807) is 6.07 Å². The van der Waals surface area contributed by atoms with Crippen molar-refractivity contribution in [2.75, 3.05) is 37.7 Å². The standard InChI is InChI=1S/C33H29F3N4O3/c1-2-22-25(35)7-6-18-11-21(41)12-23(27(18)22)24-13-26-28-30(29(24)36)37-32(38-31(28)40-10-3-5-20(40)16-42-26)43-17-33-8-4-9-39(33)15-19(34)14-33/h1,6-7,11-13,19-20,41H,3-5,8-10,14-17H2/t19-,20-,33+/m1/s1. The van der Waals surface area contributed by atoms with Crippen molar-refractivity contribution in [1.29, 1.82) is 0 Å². The molecule has 3 aromatic carbocycles. The minimum Gasteiger partial charge on any atom is -0.508 e. The number of benzene rings is 3. The van der Waals surface area contributed by atoms with Crippen LogP contribution in [0.3, 0.4) is 0 Å². The van der Waals surface area contributed by atoms with Crippen molar-refractivity contribution in [2.45, 2.75) is 49.9 Å². The van der Waals surface area contributed by atoms with Gasteiger partial charge in [-0.1, -0.05) is 12.0 Å². The molecule has 7 nitrogen and oxygen atoms in total. The third-order valence-corrected chi connectivity index (χ3v) is 9.63. The molecule has 43 heavy (non-hydrogen) atoms. The highest BCUT2D eigenvalue weighted by molar-refractivity contribution is 6.05. The minimum absolute atomic E-state index is 0.00854. The SMILES string of the molecule is C#Cc1c(F)ccc2cc(O)cc(-c3cc4c5c(nc(OC[C@@]67CCCN6C[C@H](F)C7)nc5c3F)N3CCC[C@@H]3CO4)c12. The minimum atomic E-state index is -0.911. The van der Waals surface area contributed by atoms with Crippen LogP contribution >= 0.6 is 0 Å². The molecule has 4 aliphatic rings. The predicted molar refractivity (Wildman–Crippen MR) is 156 cm³/mol. The fraction of sp³-hybridized carbons (Fsp3) is 0.394. The fourth-order valence-electron chi connectivity index (χ4n) is 7.69. The van der Waals surface area contributed by atoms with Crippen LogP contribution in [-0.4, -0.2) is 70.6 Å². The van der Waals surface area contributed by atoms with E-state index in [9.17, 15) is 13.9 Å². The molecule has 4 aromatic rings. The first-order chi connectivity index (χ1) is 20.8. The van der Waals surface area contributed by atoms with Gasteiger partial charge in [0.25, 0.3) is 0 Å². The second kappa shape index (κ2) is 9.64. The summed E-state index contributed by atoms with van der Waals surface area (Å²) in [5.41, 5.74) is -0.192. The molecule has 4 aliphatic heterocycles. The molecule has 0 radical (unpaired) electrons. The first-order valence-electron chi connectivity index (χ1n) is 14.7. The van der Waals surface area contributed by atoms with Crippen LogP contribution < -0.4 is 14.4 Å². The molecule has 0 aliphatic carbocycles. The van der Waals surface area contributed by atoms with E-state index in [0.29, 0.717) is 47.3 Å². The van der Waals surface area contributed by atoms with Crippen LogP contribution in [0.5, 0.6) is 17.5 Å². The van der Waals surface area contributed by atoms with Crippen molar-refractivity contribution in [2.24, 2.45) is 0 Å². The van der Waals surface area contributed by atoms with Gasteiger partial charge < -0.3 is 19.5 Å². The molecule has 3 fully saturated rings. The zero-order chi connectivity index (χ0) is 29.5. The van der Waals surface area contributed by atoms with E-state index in [1.807, 2.05) is 0 Å². The lowest BCUT2D eigenvalue weighted by Crippen LogP contribution is -2.43. The topological polar surface area (TPSA) is 71.0 Å². The van der Waals surface area contributed by atoms with Crippen molar-refractivity contribution < 1.29 is 27.8 Å². The van der Waals surface area contributed by atoms with Gasteiger partial charge in [0.15, 0.2) is 5.82 Å². The predicted octanol–water partition coefficient (Wildman–Crippen LogP) is 5.73. The molecule has 3 atom stereocenters. The van der Waals surface area contributed by atoms with Gasteiger partial charge in [-0.3, -0.25) is 4.90 Å². The first-order valence-corrected chi connectivity index (χ1v) is 14.7. The second-order valence-corrected chi connectivity index (χ2v) is 12.1. The number of hydrogen-bond donors (Lipinski definition) is 1. The smallest absolute Gasteiger partial charge is 0.319 e. The summed E-state index contributed by atoms with van der Waals surface area (Å²) in [5, 5.41) is 11.8. The van der Waals surface area contributed by atoms with Crippen LogP contribution in [0.4, 0.5) is 19.0 Å². The zero-order valence-corrected chi connectivity index (χ0v) is 23.4.